The van der Waals surface area contributed by atoms with Gasteiger partial charge in [0.25, 0.3) is 0 Å². The first-order chi connectivity index (χ1) is 9.41. The maximum Gasteiger partial charge on any atom is 0.185 e. The number of anilines is 1. The highest BCUT2D eigenvalue weighted by molar-refractivity contribution is 6.31. The van der Waals surface area contributed by atoms with Gasteiger partial charge in [-0.2, -0.15) is 0 Å². The Morgan fingerprint density at radius 2 is 1.50 bits per heavy atom. The van der Waals surface area contributed by atoms with Crippen molar-refractivity contribution in [2.75, 3.05) is 5.32 Å². The third-order valence-corrected chi connectivity index (χ3v) is 3.02. The highest BCUT2D eigenvalue weighted by Crippen LogP contribution is 2.26. The number of hydrogen-bond donors (Lipinski definition) is 1. The largest absolute Gasteiger partial charge is 0.376 e. The van der Waals surface area contributed by atoms with E-state index >= 15 is 0 Å². The molecule has 1 N–H and O–H groups in total. The van der Waals surface area contributed by atoms with E-state index in [9.17, 15) is 22.0 Å². The van der Waals surface area contributed by atoms with Crippen LogP contribution in [0.5, 0.6) is 0 Å². The van der Waals surface area contributed by atoms with E-state index in [0.29, 0.717) is 0 Å². The number of nitrogens with one attached hydrogen (secondary N) is 1. The van der Waals surface area contributed by atoms with Crippen molar-refractivity contribution in [1.29, 1.82) is 0 Å². The number of rotatable bonds is 3. The maximum atomic E-state index is 13.4. The SMILES string of the molecule is Fc1cc(F)c(F)c(NCc2cccc(F)c2Cl)c1F. The molecular weight excluding hydrogens is 301 g/mol. The van der Waals surface area contributed by atoms with Crippen LogP contribution in [0, 0.1) is 29.1 Å². The summed E-state index contributed by atoms with van der Waals surface area (Å²) in [7, 11) is 0. The molecule has 106 valence electrons. The zero-order valence-corrected chi connectivity index (χ0v) is 10.5. The molecule has 0 unspecified atom stereocenters. The van der Waals surface area contributed by atoms with Gasteiger partial charge in [-0.25, -0.2) is 22.0 Å². The number of halogens is 6. The van der Waals surface area contributed by atoms with E-state index in [1.165, 1.54) is 12.1 Å². The Kier molecular flexibility index (Phi) is 4.13. The van der Waals surface area contributed by atoms with E-state index in [4.69, 9.17) is 11.6 Å². The number of benzene rings is 2. The first kappa shape index (κ1) is 14.6. The summed E-state index contributed by atoms with van der Waals surface area (Å²) in [5, 5.41) is 1.93. The molecule has 2 aromatic carbocycles. The van der Waals surface area contributed by atoms with Gasteiger partial charge in [0.1, 0.15) is 11.5 Å². The lowest BCUT2D eigenvalue weighted by Crippen LogP contribution is -2.08. The fourth-order valence-electron chi connectivity index (χ4n) is 1.60. The van der Waals surface area contributed by atoms with Crippen LogP contribution in [0.3, 0.4) is 0 Å². The summed E-state index contributed by atoms with van der Waals surface area (Å²) in [4.78, 5) is 0. The van der Waals surface area contributed by atoms with Crippen LogP contribution in [-0.2, 0) is 6.54 Å². The second-order valence-electron chi connectivity index (χ2n) is 3.91. The van der Waals surface area contributed by atoms with Crippen LogP contribution in [0.4, 0.5) is 27.6 Å². The second-order valence-corrected chi connectivity index (χ2v) is 4.29. The fourth-order valence-corrected chi connectivity index (χ4v) is 1.79. The molecule has 0 aliphatic carbocycles. The lowest BCUT2D eigenvalue weighted by atomic mass is 10.2. The van der Waals surface area contributed by atoms with Crippen LogP contribution in [-0.4, -0.2) is 0 Å². The van der Waals surface area contributed by atoms with E-state index in [0.717, 1.165) is 6.07 Å². The van der Waals surface area contributed by atoms with Gasteiger partial charge in [-0.05, 0) is 11.6 Å². The molecule has 0 saturated heterocycles. The fraction of sp³-hybridized carbons (Fsp3) is 0.0769. The minimum atomic E-state index is -1.56. The first-order valence-corrected chi connectivity index (χ1v) is 5.79. The van der Waals surface area contributed by atoms with E-state index < -0.39 is 34.8 Å². The summed E-state index contributed by atoms with van der Waals surface area (Å²) in [5.74, 6) is -6.89. The van der Waals surface area contributed by atoms with E-state index in [1.807, 2.05) is 0 Å². The predicted molar refractivity (Wildman–Crippen MR) is 65.0 cm³/mol. The summed E-state index contributed by atoms with van der Waals surface area (Å²) in [6.07, 6.45) is 0. The van der Waals surface area contributed by atoms with Gasteiger partial charge in [0, 0.05) is 12.6 Å². The van der Waals surface area contributed by atoms with Crippen LogP contribution in [0.25, 0.3) is 0 Å². The Balaban J connectivity index is 2.30. The van der Waals surface area contributed by atoms with Crippen LogP contribution in [0.2, 0.25) is 5.02 Å². The standard InChI is InChI=1S/C13H7ClF5N/c14-10-6(2-1-3-7(10)15)5-20-13-11(18)8(16)4-9(17)12(13)19/h1-4,20H,5H2. The molecule has 2 aromatic rings. The third kappa shape index (κ3) is 2.70. The molecule has 0 aliphatic heterocycles. The van der Waals surface area contributed by atoms with Gasteiger partial charge >= 0.3 is 0 Å². The lowest BCUT2D eigenvalue weighted by Gasteiger charge is -2.11. The highest BCUT2D eigenvalue weighted by atomic mass is 35.5. The van der Waals surface area contributed by atoms with Crippen LogP contribution >= 0.6 is 11.6 Å². The molecule has 0 radical (unpaired) electrons. The van der Waals surface area contributed by atoms with Crippen molar-refractivity contribution in [3.63, 3.8) is 0 Å². The molecular formula is C13H7ClF5N. The summed E-state index contributed by atoms with van der Waals surface area (Å²) in [5.41, 5.74) is -0.780. The zero-order valence-electron chi connectivity index (χ0n) is 9.78. The summed E-state index contributed by atoms with van der Waals surface area (Å²) < 4.78 is 65.9. The average molecular weight is 308 g/mol. The van der Waals surface area contributed by atoms with Crippen molar-refractivity contribution in [2.45, 2.75) is 6.54 Å². The van der Waals surface area contributed by atoms with Crippen LogP contribution in [0.1, 0.15) is 5.56 Å². The summed E-state index contributed by atoms with van der Waals surface area (Å²) >= 11 is 5.65. The molecule has 0 saturated carbocycles. The maximum absolute atomic E-state index is 13.4. The minimum absolute atomic E-state index is 0.102. The lowest BCUT2D eigenvalue weighted by molar-refractivity contribution is 0.458. The Hall–Kier alpha value is -1.82. The number of hydrogen-bond acceptors (Lipinski definition) is 1. The van der Waals surface area contributed by atoms with Crippen molar-refractivity contribution in [2.24, 2.45) is 0 Å². The minimum Gasteiger partial charge on any atom is -0.376 e. The van der Waals surface area contributed by atoms with Gasteiger partial charge in [-0.1, -0.05) is 23.7 Å². The van der Waals surface area contributed by atoms with Gasteiger partial charge in [0.15, 0.2) is 23.3 Å². The molecule has 0 heterocycles. The molecule has 0 atom stereocenters. The first-order valence-electron chi connectivity index (χ1n) is 5.41. The molecule has 20 heavy (non-hydrogen) atoms. The van der Waals surface area contributed by atoms with Crippen molar-refractivity contribution in [1.82, 2.24) is 0 Å². The molecule has 0 aromatic heterocycles. The van der Waals surface area contributed by atoms with Crippen molar-refractivity contribution < 1.29 is 22.0 Å². The zero-order chi connectivity index (χ0) is 14.9. The van der Waals surface area contributed by atoms with Gasteiger partial charge in [0.2, 0.25) is 0 Å². The molecule has 0 bridgehead atoms. The molecule has 0 fully saturated rings. The van der Waals surface area contributed by atoms with Gasteiger partial charge in [-0.15, -0.1) is 0 Å². The van der Waals surface area contributed by atoms with E-state index in [1.54, 1.807) is 0 Å². The molecule has 7 heteroatoms. The average Bonchev–Trinajstić information content (AvgIpc) is 2.41. The van der Waals surface area contributed by atoms with Crippen LogP contribution in [0.15, 0.2) is 24.3 Å². The van der Waals surface area contributed by atoms with E-state index in [2.05, 4.69) is 5.32 Å². The Morgan fingerprint density at radius 3 is 2.10 bits per heavy atom. The molecule has 0 aliphatic rings. The topological polar surface area (TPSA) is 12.0 Å². The highest BCUT2D eigenvalue weighted by Gasteiger charge is 2.19. The Bertz CT molecular complexity index is 633. The molecule has 0 amide bonds. The van der Waals surface area contributed by atoms with Crippen molar-refractivity contribution in [3.05, 3.63) is 63.9 Å². The summed E-state index contributed by atoms with van der Waals surface area (Å²) in [6, 6.07) is 3.96. The normalized spacial score (nSPS) is 10.7. The van der Waals surface area contributed by atoms with Gasteiger partial charge < -0.3 is 5.32 Å². The Morgan fingerprint density at radius 1 is 0.900 bits per heavy atom. The van der Waals surface area contributed by atoms with Crippen molar-refractivity contribution >= 4 is 17.3 Å². The van der Waals surface area contributed by atoms with Gasteiger partial charge in [0.05, 0.1) is 5.02 Å². The quantitative estimate of drug-likeness (QED) is 0.643. The predicted octanol–water partition coefficient (Wildman–Crippen LogP) is 4.65. The molecule has 1 nitrogen and oxygen atoms in total. The summed E-state index contributed by atoms with van der Waals surface area (Å²) in [6.45, 7) is -0.298. The van der Waals surface area contributed by atoms with Gasteiger partial charge in [-0.3, -0.25) is 0 Å². The smallest absolute Gasteiger partial charge is 0.185 e. The molecule has 0 spiro atoms. The molecule has 2 rings (SSSR count). The van der Waals surface area contributed by atoms with Crippen molar-refractivity contribution in [3.8, 4) is 0 Å². The van der Waals surface area contributed by atoms with E-state index in [-0.39, 0.29) is 23.2 Å². The van der Waals surface area contributed by atoms with Crippen LogP contribution < -0.4 is 5.32 Å². The monoisotopic (exact) mass is 307 g/mol. The third-order valence-electron chi connectivity index (χ3n) is 2.60. The Labute approximate surface area is 116 Å². The second kappa shape index (κ2) is 5.66.